The summed E-state index contributed by atoms with van der Waals surface area (Å²) in [5, 5.41) is 0.209. The summed E-state index contributed by atoms with van der Waals surface area (Å²) in [6.07, 6.45) is 1.25. The van der Waals surface area contributed by atoms with Crippen LogP contribution in [0.25, 0.3) is 0 Å². The molecule has 1 atom stereocenters. The summed E-state index contributed by atoms with van der Waals surface area (Å²) >= 11 is 0. The van der Waals surface area contributed by atoms with E-state index in [1.165, 1.54) is 0 Å². The predicted octanol–water partition coefficient (Wildman–Crippen LogP) is 5.25. The summed E-state index contributed by atoms with van der Waals surface area (Å²) in [6.45, 7) is 15.5. The molecule has 0 radical (unpaired) electrons. The van der Waals surface area contributed by atoms with Crippen LogP contribution >= 0.6 is 0 Å². The monoisotopic (exact) mass is 280 g/mol. The van der Waals surface area contributed by atoms with Gasteiger partial charge in [0.25, 0.3) is 0 Å². The van der Waals surface area contributed by atoms with Crippen LogP contribution in [0.2, 0.25) is 18.1 Å². The van der Waals surface area contributed by atoms with Crippen molar-refractivity contribution < 1.29 is 9.16 Å². The number of hydrogen-bond acceptors (Lipinski definition) is 2. The molecule has 3 heteroatoms. The van der Waals surface area contributed by atoms with Crippen molar-refractivity contribution >= 4 is 8.32 Å². The highest BCUT2D eigenvalue weighted by atomic mass is 28.4. The van der Waals surface area contributed by atoms with Crippen molar-refractivity contribution in [1.82, 2.24) is 0 Å². The van der Waals surface area contributed by atoms with Gasteiger partial charge in [0.15, 0.2) is 0 Å². The standard InChI is InChI=1S/C16H28O2Si/c1-8-13(2)17-14-10-9-11-15(12-14)18-19(6,7)16(3,4)5/h9-13H,8H2,1-7H3. The molecule has 0 amide bonds. The Hall–Kier alpha value is -0.963. The second kappa shape index (κ2) is 5.99. The van der Waals surface area contributed by atoms with Gasteiger partial charge in [-0.05, 0) is 43.6 Å². The van der Waals surface area contributed by atoms with Crippen molar-refractivity contribution in [2.45, 2.75) is 65.3 Å². The summed E-state index contributed by atoms with van der Waals surface area (Å²) in [6, 6.07) is 8.02. The Balaban J connectivity index is 2.83. The molecular formula is C16H28O2Si. The molecule has 0 heterocycles. The predicted molar refractivity (Wildman–Crippen MR) is 84.6 cm³/mol. The Kier molecular flexibility index (Phi) is 5.08. The molecule has 0 saturated heterocycles. The second-order valence-corrected chi connectivity index (χ2v) is 11.4. The minimum absolute atomic E-state index is 0.209. The molecular weight excluding hydrogens is 252 g/mol. The van der Waals surface area contributed by atoms with Gasteiger partial charge in [-0.2, -0.15) is 0 Å². The van der Waals surface area contributed by atoms with Crippen LogP contribution < -0.4 is 9.16 Å². The van der Waals surface area contributed by atoms with Gasteiger partial charge in [-0.25, -0.2) is 0 Å². The average molecular weight is 280 g/mol. The summed E-state index contributed by atoms with van der Waals surface area (Å²) in [7, 11) is -1.77. The molecule has 108 valence electrons. The third-order valence-electron chi connectivity index (χ3n) is 3.90. The Morgan fingerprint density at radius 2 is 1.74 bits per heavy atom. The summed E-state index contributed by atoms with van der Waals surface area (Å²) < 4.78 is 12.1. The van der Waals surface area contributed by atoms with Crippen molar-refractivity contribution in [3.05, 3.63) is 24.3 Å². The molecule has 0 aliphatic rings. The molecule has 0 aliphatic heterocycles. The van der Waals surface area contributed by atoms with Crippen LogP contribution in [0, 0.1) is 0 Å². The number of ether oxygens (including phenoxy) is 1. The van der Waals surface area contributed by atoms with E-state index in [1.54, 1.807) is 0 Å². The third-order valence-corrected chi connectivity index (χ3v) is 8.26. The maximum atomic E-state index is 6.28. The molecule has 1 aromatic rings. The molecule has 19 heavy (non-hydrogen) atoms. The van der Waals surface area contributed by atoms with Crippen LogP contribution in [0.4, 0.5) is 0 Å². The van der Waals surface area contributed by atoms with E-state index in [9.17, 15) is 0 Å². The van der Waals surface area contributed by atoms with Crippen molar-refractivity contribution in [2.75, 3.05) is 0 Å². The van der Waals surface area contributed by atoms with Gasteiger partial charge in [0.2, 0.25) is 8.32 Å². The smallest absolute Gasteiger partial charge is 0.250 e. The highest BCUT2D eigenvalue weighted by molar-refractivity contribution is 6.74. The van der Waals surface area contributed by atoms with Crippen LogP contribution in [0.1, 0.15) is 41.0 Å². The van der Waals surface area contributed by atoms with E-state index in [1.807, 2.05) is 24.3 Å². The molecule has 1 aromatic carbocycles. The SMILES string of the molecule is CCC(C)Oc1cccc(O[Si](C)(C)C(C)(C)C)c1. The molecule has 0 N–H and O–H groups in total. The van der Waals surface area contributed by atoms with E-state index < -0.39 is 8.32 Å². The Morgan fingerprint density at radius 1 is 1.16 bits per heavy atom. The number of hydrogen-bond donors (Lipinski definition) is 0. The highest BCUT2D eigenvalue weighted by Crippen LogP contribution is 2.37. The summed E-state index contributed by atoms with van der Waals surface area (Å²) in [5.74, 6) is 1.82. The molecule has 0 aliphatic carbocycles. The van der Waals surface area contributed by atoms with Gasteiger partial charge < -0.3 is 9.16 Å². The first kappa shape index (κ1) is 16.1. The zero-order chi connectivity index (χ0) is 14.7. The van der Waals surface area contributed by atoms with Crippen molar-refractivity contribution in [3.63, 3.8) is 0 Å². The Morgan fingerprint density at radius 3 is 2.26 bits per heavy atom. The molecule has 0 aromatic heterocycles. The van der Waals surface area contributed by atoms with Crippen LogP contribution in [-0.4, -0.2) is 14.4 Å². The first-order chi connectivity index (χ1) is 8.65. The van der Waals surface area contributed by atoms with Gasteiger partial charge >= 0.3 is 0 Å². The van der Waals surface area contributed by atoms with Gasteiger partial charge in [0.1, 0.15) is 11.5 Å². The zero-order valence-corrected chi connectivity index (χ0v) is 14.4. The lowest BCUT2D eigenvalue weighted by atomic mass is 10.2. The quantitative estimate of drug-likeness (QED) is 0.686. The molecule has 1 unspecified atom stereocenters. The van der Waals surface area contributed by atoms with E-state index in [0.29, 0.717) is 0 Å². The fourth-order valence-electron chi connectivity index (χ4n) is 1.37. The lowest BCUT2D eigenvalue weighted by Gasteiger charge is -2.36. The van der Waals surface area contributed by atoms with Crippen LogP contribution in [0.3, 0.4) is 0 Å². The fraction of sp³-hybridized carbons (Fsp3) is 0.625. The van der Waals surface area contributed by atoms with Crippen molar-refractivity contribution in [2.24, 2.45) is 0 Å². The molecule has 1 rings (SSSR count). The highest BCUT2D eigenvalue weighted by Gasteiger charge is 2.38. The van der Waals surface area contributed by atoms with E-state index in [4.69, 9.17) is 9.16 Å². The van der Waals surface area contributed by atoms with Gasteiger partial charge in [-0.15, -0.1) is 0 Å². The van der Waals surface area contributed by atoms with E-state index in [2.05, 4.69) is 47.7 Å². The van der Waals surface area contributed by atoms with Crippen molar-refractivity contribution in [3.8, 4) is 11.5 Å². The average Bonchev–Trinajstić information content (AvgIpc) is 2.27. The number of benzene rings is 1. The maximum Gasteiger partial charge on any atom is 0.250 e. The van der Waals surface area contributed by atoms with Gasteiger partial charge in [-0.3, -0.25) is 0 Å². The molecule has 0 spiro atoms. The molecule has 2 nitrogen and oxygen atoms in total. The lowest BCUT2D eigenvalue weighted by molar-refractivity contribution is 0.217. The van der Waals surface area contributed by atoms with Crippen molar-refractivity contribution in [1.29, 1.82) is 0 Å². The first-order valence-corrected chi connectivity index (χ1v) is 10.0. The summed E-state index contributed by atoms with van der Waals surface area (Å²) in [4.78, 5) is 0. The fourth-order valence-corrected chi connectivity index (χ4v) is 2.40. The van der Waals surface area contributed by atoms with Gasteiger partial charge in [0.05, 0.1) is 6.10 Å². The van der Waals surface area contributed by atoms with E-state index in [-0.39, 0.29) is 11.1 Å². The minimum Gasteiger partial charge on any atom is -0.543 e. The van der Waals surface area contributed by atoms with Crippen LogP contribution in [-0.2, 0) is 0 Å². The maximum absolute atomic E-state index is 6.28. The van der Waals surface area contributed by atoms with Crippen LogP contribution in [0.15, 0.2) is 24.3 Å². The van der Waals surface area contributed by atoms with Gasteiger partial charge in [-0.1, -0.05) is 33.8 Å². The topological polar surface area (TPSA) is 18.5 Å². The second-order valence-electron chi connectivity index (χ2n) is 6.67. The normalized spacial score (nSPS) is 14.1. The Labute approximate surface area is 119 Å². The molecule has 0 bridgehead atoms. The molecule has 0 saturated carbocycles. The third kappa shape index (κ3) is 4.57. The van der Waals surface area contributed by atoms with E-state index >= 15 is 0 Å². The lowest BCUT2D eigenvalue weighted by Crippen LogP contribution is -2.43. The summed E-state index contributed by atoms with van der Waals surface area (Å²) in [5.41, 5.74) is 0. The van der Waals surface area contributed by atoms with Gasteiger partial charge in [0, 0.05) is 6.07 Å². The van der Waals surface area contributed by atoms with Crippen LogP contribution in [0.5, 0.6) is 11.5 Å². The van der Waals surface area contributed by atoms with E-state index in [0.717, 1.165) is 17.9 Å². The zero-order valence-electron chi connectivity index (χ0n) is 13.4. The molecule has 0 fully saturated rings. The largest absolute Gasteiger partial charge is 0.543 e. The first-order valence-electron chi connectivity index (χ1n) is 7.11. The Bertz CT molecular complexity index is 407. The minimum atomic E-state index is -1.77. The number of rotatable bonds is 5.